The quantitative estimate of drug-likeness (QED) is 0.664. The molecule has 0 bridgehead atoms. The number of fused-ring (bicyclic) bond motifs is 1. The molecule has 2 N–H and O–H groups in total. The van der Waals surface area contributed by atoms with E-state index in [1.165, 1.54) is 11.3 Å². The van der Waals surface area contributed by atoms with Crippen molar-refractivity contribution < 1.29 is 13.2 Å². The summed E-state index contributed by atoms with van der Waals surface area (Å²) < 4.78 is 27.2. The molecule has 0 unspecified atom stereocenters. The Balaban J connectivity index is 1.60. The molecule has 0 aliphatic rings. The smallest absolute Gasteiger partial charge is 0.261 e. The molecule has 5 nitrogen and oxygen atoms in total. The number of nitrogens with one attached hydrogen (secondary N) is 2. The van der Waals surface area contributed by atoms with Gasteiger partial charge in [-0.1, -0.05) is 36.4 Å². The minimum Gasteiger partial charge on any atom is -0.350 e. The van der Waals surface area contributed by atoms with Crippen LogP contribution < -0.4 is 10.0 Å². The Morgan fingerprint density at radius 2 is 1.75 bits per heavy atom. The van der Waals surface area contributed by atoms with Crippen LogP contribution in [0.25, 0.3) is 10.8 Å². The summed E-state index contributed by atoms with van der Waals surface area (Å²) in [7, 11) is -3.60. The second-order valence-corrected chi connectivity index (χ2v) is 7.85. The molecule has 3 aromatic rings. The van der Waals surface area contributed by atoms with E-state index in [2.05, 4.69) is 10.0 Å². The van der Waals surface area contributed by atoms with E-state index >= 15 is 0 Å². The first-order valence-electron chi connectivity index (χ1n) is 7.36. The third-order valence-electron chi connectivity index (χ3n) is 3.48. The van der Waals surface area contributed by atoms with E-state index < -0.39 is 10.0 Å². The van der Waals surface area contributed by atoms with Crippen LogP contribution in [0.4, 0.5) is 0 Å². The lowest BCUT2D eigenvalue weighted by molar-refractivity contribution is 0.0958. The van der Waals surface area contributed by atoms with Crippen LogP contribution in [0.3, 0.4) is 0 Å². The van der Waals surface area contributed by atoms with E-state index in [0.29, 0.717) is 4.88 Å². The predicted octanol–water partition coefficient (Wildman–Crippen LogP) is 2.61. The molecule has 24 heavy (non-hydrogen) atoms. The van der Waals surface area contributed by atoms with Crippen molar-refractivity contribution in [3.05, 3.63) is 64.9 Å². The van der Waals surface area contributed by atoms with E-state index in [4.69, 9.17) is 0 Å². The fourth-order valence-electron chi connectivity index (χ4n) is 2.27. The summed E-state index contributed by atoms with van der Waals surface area (Å²) in [4.78, 5) is 12.6. The maximum absolute atomic E-state index is 12.3. The van der Waals surface area contributed by atoms with Gasteiger partial charge < -0.3 is 5.32 Å². The minimum atomic E-state index is -3.60. The number of benzene rings is 2. The van der Waals surface area contributed by atoms with Crippen LogP contribution >= 0.6 is 11.3 Å². The Hall–Kier alpha value is -2.22. The first kappa shape index (κ1) is 16.6. The average molecular weight is 360 g/mol. The number of hydrogen-bond acceptors (Lipinski definition) is 4. The molecule has 1 aromatic heterocycles. The normalized spacial score (nSPS) is 11.5. The molecule has 3 rings (SSSR count). The summed E-state index contributed by atoms with van der Waals surface area (Å²) in [6, 6.07) is 16.1. The summed E-state index contributed by atoms with van der Waals surface area (Å²) in [5.41, 5.74) is 0. The predicted molar refractivity (Wildman–Crippen MR) is 95.8 cm³/mol. The number of hydrogen-bond donors (Lipinski definition) is 2. The van der Waals surface area contributed by atoms with Crippen LogP contribution in [0.15, 0.2) is 64.9 Å². The van der Waals surface area contributed by atoms with Crippen molar-refractivity contribution in [1.82, 2.24) is 10.0 Å². The summed E-state index contributed by atoms with van der Waals surface area (Å²) in [5, 5.41) is 6.35. The third-order valence-corrected chi connectivity index (χ3v) is 5.81. The van der Waals surface area contributed by atoms with Gasteiger partial charge in [0.1, 0.15) is 0 Å². The number of amides is 1. The topological polar surface area (TPSA) is 75.3 Å². The van der Waals surface area contributed by atoms with E-state index in [-0.39, 0.29) is 23.9 Å². The summed E-state index contributed by atoms with van der Waals surface area (Å²) in [6.07, 6.45) is 0. The van der Waals surface area contributed by atoms with Gasteiger partial charge in [-0.3, -0.25) is 4.79 Å². The Morgan fingerprint density at radius 3 is 2.50 bits per heavy atom. The van der Waals surface area contributed by atoms with E-state index in [1.54, 1.807) is 30.3 Å². The van der Waals surface area contributed by atoms with Gasteiger partial charge in [0, 0.05) is 13.1 Å². The fourth-order valence-corrected chi connectivity index (χ4v) is 3.98. The van der Waals surface area contributed by atoms with Crippen LogP contribution in [0, 0.1) is 0 Å². The van der Waals surface area contributed by atoms with Gasteiger partial charge in [0.15, 0.2) is 0 Å². The SMILES string of the molecule is O=C(NCCNS(=O)(=O)c1ccc2ccccc2c1)c1cccs1. The van der Waals surface area contributed by atoms with Crippen molar-refractivity contribution in [3.8, 4) is 0 Å². The molecule has 0 fully saturated rings. The lowest BCUT2D eigenvalue weighted by atomic mass is 10.1. The Bertz CT molecular complexity index is 951. The molecule has 2 aromatic carbocycles. The van der Waals surface area contributed by atoms with Crippen molar-refractivity contribution in [1.29, 1.82) is 0 Å². The monoisotopic (exact) mass is 360 g/mol. The number of carbonyl (C=O) groups is 1. The second kappa shape index (κ2) is 7.12. The van der Waals surface area contributed by atoms with E-state index in [9.17, 15) is 13.2 Å². The van der Waals surface area contributed by atoms with Gasteiger partial charge in [0.25, 0.3) is 5.91 Å². The number of thiophene rings is 1. The molecule has 0 radical (unpaired) electrons. The highest BCUT2D eigenvalue weighted by Crippen LogP contribution is 2.18. The van der Waals surface area contributed by atoms with Crippen molar-refractivity contribution in [3.63, 3.8) is 0 Å². The summed E-state index contributed by atoms with van der Waals surface area (Å²) >= 11 is 1.34. The van der Waals surface area contributed by atoms with Crippen molar-refractivity contribution >= 4 is 38.0 Å². The van der Waals surface area contributed by atoms with Gasteiger partial charge in [-0.2, -0.15) is 0 Å². The zero-order chi connectivity index (χ0) is 17.0. The standard InChI is InChI=1S/C17H16N2O3S2/c20-17(16-6-3-11-23-16)18-9-10-19-24(21,22)15-8-7-13-4-1-2-5-14(13)12-15/h1-8,11-12,19H,9-10H2,(H,18,20). The van der Waals surface area contributed by atoms with Gasteiger partial charge in [-0.05, 0) is 34.4 Å². The lowest BCUT2D eigenvalue weighted by Crippen LogP contribution is -2.34. The van der Waals surface area contributed by atoms with Crippen LogP contribution in [-0.4, -0.2) is 27.4 Å². The Kier molecular flexibility index (Phi) is 4.94. The summed E-state index contributed by atoms with van der Waals surface area (Å²) in [6.45, 7) is 0.357. The highest BCUT2D eigenvalue weighted by molar-refractivity contribution is 7.89. The largest absolute Gasteiger partial charge is 0.350 e. The Morgan fingerprint density at radius 1 is 0.958 bits per heavy atom. The molecule has 0 atom stereocenters. The molecule has 1 amide bonds. The molecule has 7 heteroatoms. The molecule has 124 valence electrons. The average Bonchev–Trinajstić information content (AvgIpc) is 3.13. The molecular weight excluding hydrogens is 344 g/mol. The van der Waals surface area contributed by atoms with Gasteiger partial charge in [-0.15, -0.1) is 11.3 Å². The molecule has 0 aliphatic heterocycles. The number of sulfonamides is 1. The third kappa shape index (κ3) is 3.81. The molecule has 0 aliphatic carbocycles. The first-order chi connectivity index (χ1) is 11.6. The molecule has 0 saturated heterocycles. The van der Waals surface area contributed by atoms with Crippen molar-refractivity contribution in [2.24, 2.45) is 0 Å². The number of rotatable bonds is 6. The van der Waals surface area contributed by atoms with E-state index in [0.717, 1.165) is 10.8 Å². The van der Waals surface area contributed by atoms with Crippen LogP contribution in [0.2, 0.25) is 0 Å². The van der Waals surface area contributed by atoms with Gasteiger partial charge in [0.05, 0.1) is 9.77 Å². The molecule has 0 saturated carbocycles. The highest BCUT2D eigenvalue weighted by atomic mass is 32.2. The highest BCUT2D eigenvalue weighted by Gasteiger charge is 2.14. The molecular formula is C17H16N2O3S2. The molecule has 0 spiro atoms. The minimum absolute atomic E-state index is 0.131. The Labute approximate surface area is 144 Å². The maximum Gasteiger partial charge on any atom is 0.261 e. The first-order valence-corrected chi connectivity index (χ1v) is 9.73. The van der Waals surface area contributed by atoms with Gasteiger partial charge in [0.2, 0.25) is 10.0 Å². The zero-order valence-corrected chi connectivity index (χ0v) is 14.4. The second-order valence-electron chi connectivity index (χ2n) is 5.14. The van der Waals surface area contributed by atoms with E-state index in [1.807, 2.05) is 29.6 Å². The van der Waals surface area contributed by atoms with Crippen LogP contribution in [0.5, 0.6) is 0 Å². The maximum atomic E-state index is 12.3. The van der Waals surface area contributed by atoms with Crippen molar-refractivity contribution in [2.75, 3.05) is 13.1 Å². The fraction of sp³-hybridized carbons (Fsp3) is 0.118. The van der Waals surface area contributed by atoms with Crippen LogP contribution in [0.1, 0.15) is 9.67 Å². The van der Waals surface area contributed by atoms with Gasteiger partial charge >= 0.3 is 0 Å². The van der Waals surface area contributed by atoms with Crippen LogP contribution in [-0.2, 0) is 10.0 Å². The summed E-state index contributed by atoms with van der Waals surface area (Å²) in [5.74, 6) is -0.199. The van der Waals surface area contributed by atoms with Gasteiger partial charge in [-0.25, -0.2) is 13.1 Å². The lowest BCUT2D eigenvalue weighted by Gasteiger charge is -2.08. The molecule has 1 heterocycles. The van der Waals surface area contributed by atoms with Crippen molar-refractivity contribution in [2.45, 2.75) is 4.90 Å². The number of carbonyl (C=O) groups excluding carboxylic acids is 1. The zero-order valence-electron chi connectivity index (χ0n) is 12.7.